The molecule has 1 N–H and O–H groups in total. The molecule has 4 nitrogen and oxygen atoms in total. The monoisotopic (exact) mass is 209 g/mol. The van der Waals surface area contributed by atoms with Crippen LogP contribution in [0.5, 0.6) is 0 Å². The molecule has 4 heteroatoms. The second-order valence-corrected chi connectivity index (χ2v) is 3.57. The number of methoxy groups -OCH3 is 1. The van der Waals surface area contributed by atoms with E-state index in [1.54, 1.807) is 13.4 Å². The van der Waals surface area contributed by atoms with Crippen LogP contribution in [0.3, 0.4) is 0 Å². The highest BCUT2D eigenvalue weighted by Gasteiger charge is 2.06. The minimum Gasteiger partial charge on any atom is -0.383 e. The van der Waals surface area contributed by atoms with Gasteiger partial charge in [-0.05, 0) is 6.42 Å². The van der Waals surface area contributed by atoms with Gasteiger partial charge in [0.05, 0.1) is 6.61 Å². The summed E-state index contributed by atoms with van der Waals surface area (Å²) >= 11 is 0. The van der Waals surface area contributed by atoms with E-state index in [2.05, 4.69) is 22.2 Å². The molecule has 0 aromatic carbocycles. The fourth-order valence-corrected chi connectivity index (χ4v) is 1.48. The Morgan fingerprint density at radius 2 is 2.13 bits per heavy atom. The average molecular weight is 209 g/mol. The van der Waals surface area contributed by atoms with Crippen LogP contribution in [0.15, 0.2) is 18.7 Å². The standard InChI is InChI=1S/C11H19N3O/c1-3-4-11(8-15-2)14-7-10-5-12-9-13-6-10/h5-6,9,11,14H,3-4,7-8H2,1-2H3. The van der Waals surface area contributed by atoms with Gasteiger partial charge in [-0.2, -0.15) is 0 Å². The van der Waals surface area contributed by atoms with Gasteiger partial charge >= 0.3 is 0 Å². The largest absolute Gasteiger partial charge is 0.383 e. The van der Waals surface area contributed by atoms with Crippen LogP contribution in [-0.2, 0) is 11.3 Å². The minimum absolute atomic E-state index is 0.417. The van der Waals surface area contributed by atoms with Crippen LogP contribution in [-0.4, -0.2) is 29.7 Å². The van der Waals surface area contributed by atoms with Crippen LogP contribution >= 0.6 is 0 Å². The first-order valence-electron chi connectivity index (χ1n) is 5.33. The molecule has 0 fully saturated rings. The van der Waals surface area contributed by atoms with E-state index in [9.17, 15) is 0 Å². The maximum absolute atomic E-state index is 5.15. The first-order valence-corrected chi connectivity index (χ1v) is 5.33. The minimum atomic E-state index is 0.417. The van der Waals surface area contributed by atoms with E-state index in [0.717, 1.165) is 31.6 Å². The van der Waals surface area contributed by atoms with E-state index in [0.29, 0.717) is 6.04 Å². The van der Waals surface area contributed by atoms with Gasteiger partial charge in [0.2, 0.25) is 0 Å². The lowest BCUT2D eigenvalue weighted by Crippen LogP contribution is -2.32. The normalized spacial score (nSPS) is 12.7. The number of rotatable bonds is 7. The number of nitrogens with one attached hydrogen (secondary N) is 1. The predicted octanol–water partition coefficient (Wildman–Crippen LogP) is 1.38. The molecule has 0 aliphatic heterocycles. The van der Waals surface area contributed by atoms with Gasteiger partial charge in [-0.1, -0.05) is 13.3 Å². The number of hydrogen-bond donors (Lipinski definition) is 1. The molecule has 0 aliphatic carbocycles. The van der Waals surface area contributed by atoms with Crippen molar-refractivity contribution in [1.29, 1.82) is 0 Å². The first-order chi connectivity index (χ1) is 7.36. The molecule has 0 bridgehead atoms. The summed E-state index contributed by atoms with van der Waals surface area (Å²) in [4.78, 5) is 7.94. The van der Waals surface area contributed by atoms with E-state index in [4.69, 9.17) is 4.74 Å². The van der Waals surface area contributed by atoms with Gasteiger partial charge < -0.3 is 10.1 Å². The highest BCUT2D eigenvalue weighted by molar-refractivity contribution is 5.01. The number of ether oxygens (including phenoxy) is 1. The highest BCUT2D eigenvalue weighted by atomic mass is 16.5. The molecule has 1 unspecified atom stereocenters. The maximum Gasteiger partial charge on any atom is 0.115 e. The Kier molecular flexibility index (Phi) is 5.88. The molecule has 0 saturated carbocycles. The van der Waals surface area contributed by atoms with Crippen LogP contribution < -0.4 is 5.32 Å². The summed E-state index contributed by atoms with van der Waals surface area (Å²) in [7, 11) is 1.73. The van der Waals surface area contributed by atoms with Gasteiger partial charge in [0, 0.05) is 37.7 Å². The molecule has 0 spiro atoms. The zero-order valence-corrected chi connectivity index (χ0v) is 9.44. The van der Waals surface area contributed by atoms with Gasteiger partial charge in [0.25, 0.3) is 0 Å². The van der Waals surface area contributed by atoms with Crippen molar-refractivity contribution in [2.75, 3.05) is 13.7 Å². The molecule has 0 saturated heterocycles. The molecule has 0 aliphatic rings. The molecule has 0 radical (unpaired) electrons. The molecule has 1 atom stereocenters. The van der Waals surface area contributed by atoms with Crippen LogP contribution in [0.1, 0.15) is 25.3 Å². The van der Waals surface area contributed by atoms with Crippen molar-refractivity contribution in [3.63, 3.8) is 0 Å². The van der Waals surface area contributed by atoms with Crippen molar-refractivity contribution >= 4 is 0 Å². The van der Waals surface area contributed by atoms with Crippen LogP contribution in [0.4, 0.5) is 0 Å². The Morgan fingerprint density at radius 3 is 2.73 bits per heavy atom. The third kappa shape index (κ3) is 4.85. The summed E-state index contributed by atoms with van der Waals surface area (Å²) in [5.74, 6) is 0. The Balaban J connectivity index is 2.33. The van der Waals surface area contributed by atoms with Gasteiger partial charge in [0.1, 0.15) is 6.33 Å². The average Bonchev–Trinajstić information content (AvgIpc) is 2.28. The van der Waals surface area contributed by atoms with Crippen LogP contribution in [0.25, 0.3) is 0 Å². The van der Waals surface area contributed by atoms with E-state index < -0.39 is 0 Å². The molecular weight excluding hydrogens is 190 g/mol. The number of nitrogens with zero attached hydrogens (tertiary/aromatic N) is 2. The quantitative estimate of drug-likeness (QED) is 0.737. The number of hydrogen-bond acceptors (Lipinski definition) is 4. The Hall–Kier alpha value is -1.00. The molecule has 1 aromatic heterocycles. The van der Waals surface area contributed by atoms with Gasteiger partial charge in [-0.3, -0.25) is 0 Å². The topological polar surface area (TPSA) is 47.0 Å². The zero-order valence-electron chi connectivity index (χ0n) is 9.44. The van der Waals surface area contributed by atoms with Crippen molar-refractivity contribution in [2.45, 2.75) is 32.4 Å². The summed E-state index contributed by atoms with van der Waals surface area (Å²) < 4.78 is 5.15. The van der Waals surface area contributed by atoms with Gasteiger partial charge in [0.15, 0.2) is 0 Å². The van der Waals surface area contributed by atoms with E-state index >= 15 is 0 Å². The second kappa shape index (κ2) is 7.31. The molecule has 1 rings (SSSR count). The molecule has 84 valence electrons. The van der Waals surface area contributed by atoms with Crippen molar-refractivity contribution in [3.05, 3.63) is 24.3 Å². The summed E-state index contributed by atoms with van der Waals surface area (Å²) in [5, 5.41) is 3.43. The van der Waals surface area contributed by atoms with Crippen LogP contribution in [0, 0.1) is 0 Å². The van der Waals surface area contributed by atoms with Crippen molar-refractivity contribution in [3.8, 4) is 0 Å². The smallest absolute Gasteiger partial charge is 0.115 e. The Labute approximate surface area is 91.1 Å². The Morgan fingerprint density at radius 1 is 1.40 bits per heavy atom. The van der Waals surface area contributed by atoms with Gasteiger partial charge in [-0.25, -0.2) is 9.97 Å². The lowest BCUT2D eigenvalue weighted by Gasteiger charge is -2.16. The SMILES string of the molecule is CCCC(COC)NCc1cncnc1. The van der Waals surface area contributed by atoms with Crippen LogP contribution in [0.2, 0.25) is 0 Å². The molecule has 1 aromatic rings. The molecule has 1 heterocycles. The third-order valence-corrected chi connectivity index (χ3v) is 2.21. The van der Waals surface area contributed by atoms with E-state index in [1.165, 1.54) is 0 Å². The lowest BCUT2D eigenvalue weighted by molar-refractivity contribution is 0.161. The summed E-state index contributed by atoms with van der Waals surface area (Å²) in [6.45, 7) is 3.73. The fraction of sp³-hybridized carbons (Fsp3) is 0.636. The van der Waals surface area contributed by atoms with E-state index in [-0.39, 0.29) is 0 Å². The predicted molar refractivity (Wildman–Crippen MR) is 59.4 cm³/mol. The third-order valence-electron chi connectivity index (χ3n) is 2.21. The zero-order chi connectivity index (χ0) is 10.9. The fourth-order valence-electron chi connectivity index (χ4n) is 1.48. The summed E-state index contributed by atoms with van der Waals surface area (Å²) in [6, 6.07) is 0.417. The Bertz CT molecular complexity index is 247. The highest BCUT2D eigenvalue weighted by Crippen LogP contribution is 1.99. The van der Waals surface area contributed by atoms with E-state index in [1.807, 2.05) is 12.4 Å². The lowest BCUT2D eigenvalue weighted by atomic mass is 10.1. The van der Waals surface area contributed by atoms with Gasteiger partial charge in [-0.15, -0.1) is 0 Å². The molecular formula is C11H19N3O. The van der Waals surface area contributed by atoms with Crippen molar-refractivity contribution in [1.82, 2.24) is 15.3 Å². The summed E-state index contributed by atoms with van der Waals surface area (Å²) in [5.41, 5.74) is 1.11. The summed E-state index contributed by atoms with van der Waals surface area (Å²) in [6.07, 6.45) is 7.49. The second-order valence-electron chi connectivity index (χ2n) is 3.57. The molecule has 15 heavy (non-hydrogen) atoms. The maximum atomic E-state index is 5.15. The first kappa shape index (κ1) is 12.1. The number of aromatic nitrogens is 2. The molecule has 0 amide bonds. The van der Waals surface area contributed by atoms with Crippen molar-refractivity contribution < 1.29 is 4.74 Å². The van der Waals surface area contributed by atoms with Crippen molar-refractivity contribution in [2.24, 2.45) is 0 Å².